The van der Waals surface area contributed by atoms with Crippen LogP contribution in [0.1, 0.15) is 45.1 Å². The maximum atomic E-state index is 13.3. The third-order valence-corrected chi connectivity index (χ3v) is 5.42. The minimum atomic E-state index is -0.444. The number of rotatable bonds is 3. The van der Waals surface area contributed by atoms with E-state index in [1.807, 2.05) is 19.1 Å². The van der Waals surface area contributed by atoms with E-state index in [9.17, 15) is 9.59 Å². The second-order valence-corrected chi connectivity index (χ2v) is 8.41. The van der Waals surface area contributed by atoms with E-state index in [-0.39, 0.29) is 17.1 Å². The normalized spacial score (nSPS) is 20.8. The predicted molar refractivity (Wildman–Crippen MR) is 111 cm³/mol. The monoisotopic (exact) mass is 388 g/mol. The molecule has 0 saturated heterocycles. The maximum Gasteiger partial charge on any atom is 0.254 e. The van der Waals surface area contributed by atoms with Crippen LogP contribution >= 0.6 is 0 Å². The van der Waals surface area contributed by atoms with Gasteiger partial charge in [-0.3, -0.25) is 19.6 Å². The molecule has 1 unspecified atom stereocenters. The Morgan fingerprint density at radius 1 is 1.14 bits per heavy atom. The molecule has 0 radical (unpaired) electrons. The van der Waals surface area contributed by atoms with Crippen molar-refractivity contribution in [3.05, 3.63) is 77.2 Å². The molecule has 0 bridgehead atoms. The van der Waals surface area contributed by atoms with Crippen LogP contribution in [0.3, 0.4) is 0 Å². The number of hydrogen-bond acceptors (Lipinski definition) is 5. The lowest BCUT2D eigenvalue weighted by Gasteiger charge is -2.39. The van der Waals surface area contributed by atoms with Crippen LogP contribution in [0.2, 0.25) is 0 Å². The van der Waals surface area contributed by atoms with Gasteiger partial charge in [0.25, 0.3) is 5.91 Å². The average molecular weight is 388 g/mol. The zero-order chi connectivity index (χ0) is 20.6. The lowest BCUT2D eigenvalue weighted by atomic mass is 9.68. The predicted octanol–water partition coefficient (Wildman–Crippen LogP) is 3.72. The van der Waals surface area contributed by atoms with Crippen LogP contribution in [0.15, 0.2) is 71.6 Å². The summed E-state index contributed by atoms with van der Waals surface area (Å²) >= 11 is 0. The van der Waals surface area contributed by atoms with Crippen LogP contribution < -0.4 is 10.6 Å². The number of nitrogens with zero attached hydrogens (tertiary/aromatic N) is 2. The van der Waals surface area contributed by atoms with Gasteiger partial charge >= 0.3 is 0 Å². The minimum Gasteiger partial charge on any atom is -0.362 e. The van der Waals surface area contributed by atoms with Crippen molar-refractivity contribution in [1.82, 2.24) is 15.3 Å². The third kappa shape index (κ3) is 3.70. The number of ketones is 1. The minimum absolute atomic E-state index is 0.0804. The van der Waals surface area contributed by atoms with Gasteiger partial charge in [-0.15, -0.1) is 0 Å². The van der Waals surface area contributed by atoms with Crippen LogP contribution in [-0.4, -0.2) is 21.7 Å². The van der Waals surface area contributed by atoms with Gasteiger partial charge in [0.05, 0.1) is 11.9 Å². The number of Topliss-reactive ketones (excluding diaryl/α,β-unsaturated/α-hetero) is 1. The number of carbonyl (C=O) groups excluding carboxylic acids is 2. The van der Waals surface area contributed by atoms with E-state index in [0.29, 0.717) is 23.3 Å². The second-order valence-electron chi connectivity index (χ2n) is 8.41. The van der Waals surface area contributed by atoms with Crippen molar-refractivity contribution < 1.29 is 9.59 Å². The Bertz CT molecular complexity index is 1020. The number of aromatic nitrogens is 2. The number of nitrogens with one attached hydrogen (secondary N) is 2. The highest BCUT2D eigenvalue weighted by Crippen LogP contribution is 2.46. The molecule has 6 nitrogen and oxygen atoms in total. The van der Waals surface area contributed by atoms with Gasteiger partial charge in [0.1, 0.15) is 0 Å². The number of carbonyl (C=O) groups is 2. The Kier molecular flexibility index (Phi) is 4.78. The Morgan fingerprint density at radius 2 is 1.86 bits per heavy atom. The molecule has 2 N–H and O–H groups in total. The van der Waals surface area contributed by atoms with Gasteiger partial charge in [0.15, 0.2) is 5.78 Å². The van der Waals surface area contributed by atoms with E-state index in [0.717, 1.165) is 23.4 Å². The summed E-state index contributed by atoms with van der Waals surface area (Å²) in [5.74, 6) is -0.613. The number of dihydropyridines is 1. The van der Waals surface area contributed by atoms with Crippen molar-refractivity contribution in [3.8, 4) is 0 Å². The molecule has 6 heteroatoms. The van der Waals surface area contributed by atoms with Crippen molar-refractivity contribution in [2.75, 3.05) is 5.32 Å². The van der Waals surface area contributed by atoms with Crippen molar-refractivity contribution in [1.29, 1.82) is 0 Å². The smallest absolute Gasteiger partial charge is 0.254 e. The van der Waals surface area contributed by atoms with Crippen LogP contribution in [0.25, 0.3) is 0 Å². The fourth-order valence-corrected chi connectivity index (χ4v) is 4.25. The molecular formula is C23H24N4O2. The zero-order valence-corrected chi connectivity index (χ0v) is 16.8. The summed E-state index contributed by atoms with van der Waals surface area (Å²) in [4.78, 5) is 34.7. The fourth-order valence-electron chi connectivity index (χ4n) is 4.25. The van der Waals surface area contributed by atoms with E-state index in [2.05, 4.69) is 34.4 Å². The highest BCUT2D eigenvalue weighted by molar-refractivity contribution is 6.09. The number of amides is 1. The van der Waals surface area contributed by atoms with Gasteiger partial charge in [-0.1, -0.05) is 19.9 Å². The quantitative estimate of drug-likeness (QED) is 0.837. The first-order chi connectivity index (χ1) is 13.9. The molecule has 148 valence electrons. The largest absolute Gasteiger partial charge is 0.362 e. The number of hydrogen-bond donors (Lipinski definition) is 2. The first kappa shape index (κ1) is 19.1. The summed E-state index contributed by atoms with van der Waals surface area (Å²) in [7, 11) is 0. The Balaban J connectivity index is 1.80. The highest BCUT2D eigenvalue weighted by Gasteiger charge is 2.42. The van der Waals surface area contributed by atoms with Crippen molar-refractivity contribution in [2.45, 2.75) is 39.5 Å². The van der Waals surface area contributed by atoms with E-state index in [1.165, 1.54) is 0 Å². The lowest BCUT2D eigenvalue weighted by Crippen LogP contribution is -2.39. The SMILES string of the molecule is CC1=C(C(=O)Nc2cccnc2)C(c2cccnc2)C2=C(CC(C)(C)CC2=O)N1. The summed E-state index contributed by atoms with van der Waals surface area (Å²) in [5, 5.41) is 6.28. The first-order valence-corrected chi connectivity index (χ1v) is 9.71. The number of pyridine rings is 2. The van der Waals surface area contributed by atoms with E-state index in [4.69, 9.17) is 0 Å². The van der Waals surface area contributed by atoms with E-state index in [1.54, 1.807) is 36.9 Å². The molecule has 2 aliphatic rings. The molecule has 0 saturated carbocycles. The zero-order valence-electron chi connectivity index (χ0n) is 16.8. The highest BCUT2D eigenvalue weighted by atomic mass is 16.2. The van der Waals surface area contributed by atoms with Gasteiger partial charge < -0.3 is 10.6 Å². The number of anilines is 1. The van der Waals surface area contributed by atoms with Crippen LogP contribution in [0.5, 0.6) is 0 Å². The molecule has 0 aromatic carbocycles. The Labute approximate surface area is 170 Å². The molecule has 0 spiro atoms. The van der Waals surface area contributed by atoms with Crippen LogP contribution in [0.4, 0.5) is 5.69 Å². The second kappa shape index (κ2) is 7.28. The molecule has 4 rings (SSSR count). The molecule has 2 aromatic heterocycles. The topological polar surface area (TPSA) is 84.0 Å². The Morgan fingerprint density at radius 3 is 2.52 bits per heavy atom. The molecule has 2 aromatic rings. The summed E-state index contributed by atoms with van der Waals surface area (Å²) in [6, 6.07) is 7.31. The average Bonchev–Trinajstić information content (AvgIpc) is 2.67. The maximum absolute atomic E-state index is 13.3. The molecule has 0 fully saturated rings. The molecular weight excluding hydrogens is 364 g/mol. The molecule has 1 aliphatic heterocycles. The van der Waals surface area contributed by atoms with Crippen molar-refractivity contribution in [3.63, 3.8) is 0 Å². The van der Waals surface area contributed by atoms with Gasteiger partial charge in [-0.2, -0.15) is 0 Å². The van der Waals surface area contributed by atoms with Gasteiger partial charge in [0, 0.05) is 53.5 Å². The molecule has 1 atom stereocenters. The molecule has 29 heavy (non-hydrogen) atoms. The molecule has 1 aliphatic carbocycles. The summed E-state index contributed by atoms with van der Waals surface area (Å²) in [6.45, 7) is 6.08. The number of allylic oxidation sites excluding steroid dienone is 3. The Hall–Kier alpha value is -3.28. The molecule has 3 heterocycles. The lowest BCUT2D eigenvalue weighted by molar-refractivity contribution is -0.118. The van der Waals surface area contributed by atoms with Crippen molar-refractivity contribution >= 4 is 17.4 Å². The first-order valence-electron chi connectivity index (χ1n) is 9.71. The van der Waals surface area contributed by atoms with Crippen LogP contribution in [-0.2, 0) is 9.59 Å². The fraction of sp³-hybridized carbons (Fsp3) is 0.304. The summed E-state index contributed by atoms with van der Waals surface area (Å²) < 4.78 is 0. The van der Waals surface area contributed by atoms with Gasteiger partial charge in [-0.25, -0.2) is 0 Å². The van der Waals surface area contributed by atoms with Crippen LogP contribution in [0, 0.1) is 5.41 Å². The molecule has 1 amide bonds. The third-order valence-electron chi connectivity index (χ3n) is 5.42. The van der Waals surface area contributed by atoms with Gasteiger partial charge in [0.2, 0.25) is 0 Å². The standard InChI is InChI=1S/C23H24N4O2/c1-14-19(22(29)27-16-7-5-9-25-13-16)20(15-6-4-8-24-12-15)21-17(26-14)10-23(2,3)11-18(21)28/h4-9,12-13,20,26H,10-11H2,1-3H3,(H,27,29). The van der Waals surface area contributed by atoms with E-state index >= 15 is 0 Å². The van der Waals surface area contributed by atoms with Gasteiger partial charge in [-0.05, 0) is 42.5 Å². The summed E-state index contributed by atoms with van der Waals surface area (Å²) in [5.41, 5.74) is 4.22. The van der Waals surface area contributed by atoms with Crippen molar-refractivity contribution in [2.24, 2.45) is 5.41 Å². The van der Waals surface area contributed by atoms with E-state index < -0.39 is 5.92 Å². The summed E-state index contributed by atoms with van der Waals surface area (Å²) in [6.07, 6.45) is 7.90.